The molecule has 0 aromatic carbocycles. The molecule has 0 saturated carbocycles. The Kier molecular flexibility index (Phi) is 7.78. The molecule has 1 unspecified atom stereocenters. The molecule has 26 heavy (non-hydrogen) atoms. The topological polar surface area (TPSA) is 82.6 Å². The fourth-order valence-corrected chi connectivity index (χ4v) is 3.56. The van der Waals surface area contributed by atoms with Crippen molar-refractivity contribution in [1.29, 1.82) is 0 Å². The quantitative estimate of drug-likeness (QED) is 0.373. The van der Waals surface area contributed by atoms with Crippen LogP contribution in [0.5, 0.6) is 5.75 Å². The molecule has 1 aliphatic heterocycles. The van der Waals surface area contributed by atoms with Gasteiger partial charge in [-0.05, 0) is 17.6 Å². The van der Waals surface area contributed by atoms with Gasteiger partial charge in [-0.25, -0.2) is 14.8 Å². The van der Waals surface area contributed by atoms with Crippen molar-refractivity contribution in [2.45, 2.75) is 31.7 Å². The van der Waals surface area contributed by atoms with E-state index in [1.807, 2.05) is 0 Å². The number of rotatable bonds is 8. The average molecular weight is 443 g/mol. The van der Waals surface area contributed by atoms with E-state index in [0.29, 0.717) is 19.8 Å². The number of hydrogen-bond donors (Lipinski definition) is 1. The number of ether oxygens (including phenoxy) is 3. The van der Waals surface area contributed by atoms with Gasteiger partial charge in [-0.15, -0.1) is 0 Å². The highest BCUT2D eigenvalue weighted by molar-refractivity contribution is 6.76. The van der Waals surface area contributed by atoms with Crippen LogP contribution in [0.25, 0.3) is 0 Å². The van der Waals surface area contributed by atoms with Crippen LogP contribution in [0.4, 0.5) is 4.79 Å². The molecule has 0 spiro atoms. The van der Waals surface area contributed by atoms with Crippen LogP contribution in [-0.4, -0.2) is 56.6 Å². The number of aromatic nitrogens is 2. The van der Waals surface area contributed by atoms with Crippen LogP contribution in [-0.2, 0) is 9.47 Å². The second kappa shape index (κ2) is 9.41. The number of hydrogen-bond acceptors (Lipinski definition) is 6. The summed E-state index contributed by atoms with van der Waals surface area (Å²) >= 11 is 17.7. The largest absolute Gasteiger partial charge is 0.485 e. The van der Waals surface area contributed by atoms with Gasteiger partial charge in [-0.1, -0.05) is 42.8 Å². The van der Waals surface area contributed by atoms with Gasteiger partial charge in [-0.3, -0.25) is 0 Å². The normalized spacial score (nSPS) is 15.9. The molecule has 2 heterocycles. The summed E-state index contributed by atoms with van der Waals surface area (Å²) in [6.45, 7) is 8.25. The second-order valence-electron chi connectivity index (χ2n) is 7.21. The first-order valence-electron chi connectivity index (χ1n) is 8.18. The Morgan fingerprint density at radius 3 is 2.38 bits per heavy atom. The third kappa shape index (κ3) is 6.73. The zero-order chi connectivity index (χ0) is 19.3. The minimum absolute atomic E-state index is 0.0105. The number of nitrogens with one attached hydrogen (secondary N) is 1. The molecular weight excluding hydrogens is 421 g/mol. The number of amides is 1. The van der Waals surface area contributed by atoms with E-state index >= 15 is 0 Å². The lowest BCUT2D eigenvalue weighted by Crippen LogP contribution is -2.51. The van der Waals surface area contributed by atoms with Crippen molar-refractivity contribution in [3.05, 3.63) is 15.6 Å². The van der Waals surface area contributed by atoms with Gasteiger partial charge in [0.2, 0.25) is 5.28 Å². The lowest BCUT2D eigenvalue weighted by Gasteiger charge is -2.33. The van der Waals surface area contributed by atoms with Crippen LogP contribution in [0, 0.1) is 5.92 Å². The maximum atomic E-state index is 12.1. The number of alkyl carbamates (subject to hydrolysis) is 1. The molecule has 2 rings (SSSR count). The summed E-state index contributed by atoms with van der Waals surface area (Å²) in [5, 5.41) is 2.77. The smallest absolute Gasteiger partial charge is 0.407 e. The van der Waals surface area contributed by atoms with E-state index in [9.17, 15) is 4.79 Å². The average Bonchev–Trinajstić information content (AvgIpc) is 2.42. The van der Waals surface area contributed by atoms with E-state index in [1.165, 1.54) is 0 Å². The molecule has 1 N–H and O–H groups in total. The fourth-order valence-electron chi connectivity index (χ4n) is 2.09. The molecular formula is C15H22Cl3N3O4Si. The predicted octanol–water partition coefficient (Wildman–Crippen LogP) is 3.90. The first-order valence-corrected chi connectivity index (χ1v) is 13.0. The molecule has 1 fully saturated rings. The molecule has 0 aliphatic carbocycles. The Morgan fingerprint density at radius 1 is 1.27 bits per heavy atom. The SMILES string of the molecule is C[Si](C)(C)CCOC(=O)NC(COc1c(Cl)nc(Cl)nc1Cl)C1COC1. The van der Waals surface area contributed by atoms with E-state index in [0.717, 1.165) is 6.04 Å². The van der Waals surface area contributed by atoms with Gasteiger partial charge in [0.05, 0.1) is 25.9 Å². The summed E-state index contributed by atoms with van der Waals surface area (Å²) < 4.78 is 16.1. The lowest BCUT2D eigenvalue weighted by molar-refractivity contribution is -0.0552. The summed E-state index contributed by atoms with van der Waals surface area (Å²) in [6, 6.07) is 0.590. The highest BCUT2D eigenvalue weighted by Gasteiger charge is 2.31. The first-order chi connectivity index (χ1) is 12.2. The third-order valence-electron chi connectivity index (χ3n) is 3.78. The zero-order valence-electron chi connectivity index (χ0n) is 14.9. The molecule has 7 nitrogen and oxygen atoms in total. The minimum Gasteiger partial charge on any atom is -0.485 e. The van der Waals surface area contributed by atoms with Crippen LogP contribution in [0.15, 0.2) is 0 Å². The van der Waals surface area contributed by atoms with E-state index in [2.05, 4.69) is 34.9 Å². The van der Waals surface area contributed by atoms with Gasteiger partial charge < -0.3 is 19.5 Å². The maximum Gasteiger partial charge on any atom is 0.407 e. The van der Waals surface area contributed by atoms with Gasteiger partial charge in [-0.2, -0.15) is 0 Å². The van der Waals surface area contributed by atoms with E-state index in [4.69, 9.17) is 49.0 Å². The molecule has 1 aliphatic rings. The van der Waals surface area contributed by atoms with Gasteiger partial charge in [0.1, 0.15) is 6.61 Å². The Balaban J connectivity index is 1.91. The summed E-state index contributed by atoms with van der Waals surface area (Å²) in [7, 11) is -1.26. The van der Waals surface area contributed by atoms with E-state index in [-0.39, 0.29) is 39.9 Å². The second-order valence-corrected chi connectivity index (χ2v) is 13.9. The van der Waals surface area contributed by atoms with Crippen molar-refractivity contribution in [1.82, 2.24) is 15.3 Å². The van der Waals surface area contributed by atoms with Crippen molar-refractivity contribution < 1.29 is 19.0 Å². The molecule has 0 radical (unpaired) electrons. The highest BCUT2D eigenvalue weighted by atomic mass is 35.5. The standard InChI is InChI=1S/C15H22Cl3N3O4Si/c1-26(2,3)5-4-24-15(22)19-10(9-6-23-7-9)8-25-11-12(16)20-14(18)21-13(11)17/h9-10H,4-8H2,1-3H3,(H,19,22). The number of carbonyl (C=O) groups is 1. The molecule has 1 aromatic rings. The monoisotopic (exact) mass is 441 g/mol. The molecule has 11 heteroatoms. The minimum atomic E-state index is -1.26. The molecule has 146 valence electrons. The first kappa shape index (κ1) is 21.5. The van der Waals surface area contributed by atoms with Crippen molar-refractivity contribution in [2.75, 3.05) is 26.4 Å². The molecule has 1 aromatic heterocycles. The van der Waals surface area contributed by atoms with E-state index in [1.54, 1.807) is 0 Å². The van der Waals surface area contributed by atoms with Crippen LogP contribution in [0.2, 0.25) is 41.3 Å². The van der Waals surface area contributed by atoms with Crippen molar-refractivity contribution in [2.24, 2.45) is 5.92 Å². The zero-order valence-corrected chi connectivity index (χ0v) is 18.1. The number of halogens is 3. The van der Waals surface area contributed by atoms with Crippen LogP contribution in [0.3, 0.4) is 0 Å². The number of carbonyl (C=O) groups excluding carboxylic acids is 1. The summed E-state index contributed by atoms with van der Waals surface area (Å²) in [6.07, 6.45) is -0.478. The fraction of sp³-hybridized carbons (Fsp3) is 0.667. The van der Waals surface area contributed by atoms with E-state index < -0.39 is 14.2 Å². The van der Waals surface area contributed by atoms with Gasteiger partial charge >= 0.3 is 6.09 Å². The van der Waals surface area contributed by atoms with Crippen molar-refractivity contribution >= 4 is 49.0 Å². The third-order valence-corrected chi connectivity index (χ3v) is 6.17. The Bertz CT molecular complexity index is 618. The summed E-state index contributed by atoms with van der Waals surface area (Å²) in [5.41, 5.74) is 0. The highest BCUT2D eigenvalue weighted by Crippen LogP contribution is 2.31. The van der Waals surface area contributed by atoms with Crippen molar-refractivity contribution in [3.8, 4) is 5.75 Å². The molecule has 1 saturated heterocycles. The van der Waals surface area contributed by atoms with Crippen molar-refractivity contribution in [3.63, 3.8) is 0 Å². The van der Waals surface area contributed by atoms with Crippen LogP contribution < -0.4 is 10.1 Å². The Labute approximate surface area is 168 Å². The van der Waals surface area contributed by atoms with Crippen LogP contribution >= 0.6 is 34.8 Å². The molecule has 1 atom stereocenters. The summed E-state index contributed by atoms with van der Waals surface area (Å²) in [5.74, 6) is 0.238. The Morgan fingerprint density at radius 2 is 1.88 bits per heavy atom. The van der Waals surface area contributed by atoms with Gasteiger partial charge in [0.25, 0.3) is 0 Å². The predicted molar refractivity (Wildman–Crippen MR) is 103 cm³/mol. The molecule has 0 bridgehead atoms. The van der Waals surface area contributed by atoms with Gasteiger partial charge in [0.15, 0.2) is 16.1 Å². The summed E-state index contributed by atoms with van der Waals surface area (Å²) in [4.78, 5) is 19.7. The lowest BCUT2D eigenvalue weighted by atomic mass is 9.99. The maximum absolute atomic E-state index is 12.1. The number of nitrogens with zero attached hydrogens (tertiary/aromatic N) is 2. The van der Waals surface area contributed by atoms with Crippen LogP contribution in [0.1, 0.15) is 0 Å². The van der Waals surface area contributed by atoms with Gasteiger partial charge in [0, 0.05) is 14.0 Å². The Hall–Kier alpha value is -0.803. The molecule has 1 amide bonds.